The highest BCUT2D eigenvalue weighted by atomic mass is 31.1. The first-order chi connectivity index (χ1) is 12.3. The number of allylic oxidation sites excluding steroid dienone is 8. The average molecular weight is 367 g/mol. The van der Waals surface area contributed by atoms with E-state index in [2.05, 4.69) is 60.1 Å². The molecule has 0 rings (SSSR count). The first-order valence-corrected chi connectivity index (χ1v) is 10.6. The molecule has 0 aromatic carbocycles. The van der Waals surface area contributed by atoms with Crippen LogP contribution in [0.15, 0.2) is 48.6 Å². The quantitative estimate of drug-likeness (QED) is 0.152. The van der Waals surface area contributed by atoms with Gasteiger partial charge in [0.15, 0.2) is 0 Å². The summed E-state index contributed by atoms with van der Waals surface area (Å²) in [6.45, 7) is 2.74. The van der Waals surface area contributed by atoms with Gasteiger partial charge in [-0.1, -0.05) is 68.4 Å². The lowest BCUT2D eigenvalue weighted by Gasteiger charge is -1.92. The minimum atomic E-state index is -1.91. The van der Waals surface area contributed by atoms with Gasteiger partial charge >= 0.3 is 8.25 Å². The molecule has 0 aliphatic heterocycles. The van der Waals surface area contributed by atoms with Crippen molar-refractivity contribution in [1.29, 1.82) is 0 Å². The third kappa shape index (κ3) is 20.9. The van der Waals surface area contributed by atoms with Crippen molar-refractivity contribution in [1.82, 2.24) is 0 Å². The molecule has 0 aliphatic rings. The van der Waals surface area contributed by atoms with Crippen LogP contribution < -0.4 is 0 Å². The molecule has 0 fully saturated rings. The molecule has 0 aromatic heterocycles. The number of hydrogen-bond acceptors (Lipinski definition) is 3. The van der Waals surface area contributed by atoms with Crippen LogP contribution in [0.3, 0.4) is 0 Å². The minimum absolute atomic E-state index is 0.497. The molecular weight excluding hydrogens is 331 g/mol. The second-order valence-electron chi connectivity index (χ2n) is 5.82. The summed E-state index contributed by atoms with van der Waals surface area (Å²) in [6, 6.07) is 0. The molecule has 25 heavy (non-hydrogen) atoms. The van der Waals surface area contributed by atoms with Gasteiger partial charge in [-0.05, 0) is 51.4 Å². The molecule has 3 nitrogen and oxygen atoms in total. The molecule has 142 valence electrons. The van der Waals surface area contributed by atoms with Crippen LogP contribution in [0, 0.1) is 0 Å². The van der Waals surface area contributed by atoms with E-state index in [0.717, 1.165) is 38.5 Å². The van der Waals surface area contributed by atoms with Crippen LogP contribution in [-0.2, 0) is 13.6 Å². The third-order valence-corrected chi connectivity index (χ3v) is 4.26. The van der Waals surface area contributed by atoms with Crippen molar-refractivity contribution in [3.63, 3.8) is 0 Å². The van der Waals surface area contributed by atoms with E-state index >= 15 is 0 Å². The maximum absolute atomic E-state index is 10.9. The number of unbranched alkanes of at least 4 members (excludes halogenated alkanes) is 5. The Balaban J connectivity index is 3.39. The lowest BCUT2D eigenvalue weighted by Crippen LogP contribution is -1.86. The zero-order valence-corrected chi connectivity index (χ0v) is 17.0. The zero-order valence-electron chi connectivity index (χ0n) is 16.1. The van der Waals surface area contributed by atoms with Crippen LogP contribution in [0.1, 0.15) is 71.1 Å². The van der Waals surface area contributed by atoms with E-state index in [1.807, 2.05) is 0 Å². The van der Waals surface area contributed by atoms with Gasteiger partial charge in [0.2, 0.25) is 0 Å². The molecule has 1 unspecified atom stereocenters. The van der Waals surface area contributed by atoms with E-state index in [4.69, 9.17) is 4.52 Å². The van der Waals surface area contributed by atoms with Gasteiger partial charge in [0.05, 0.1) is 7.11 Å². The lowest BCUT2D eigenvalue weighted by molar-refractivity contribution is 0.251. The Morgan fingerprint density at radius 1 is 0.720 bits per heavy atom. The van der Waals surface area contributed by atoms with Crippen LogP contribution in [0.5, 0.6) is 0 Å². The Bertz CT molecular complexity index is 411. The maximum Gasteiger partial charge on any atom is 0.697 e. The molecular formula is C21H36O3P+. The van der Waals surface area contributed by atoms with Crippen molar-refractivity contribution in [2.75, 3.05) is 13.7 Å². The monoisotopic (exact) mass is 367 g/mol. The normalized spacial score (nSPS) is 13.1. The fourth-order valence-corrected chi connectivity index (χ4v) is 2.50. The highest BCUT2D eigenvalue weighted by Gasteiger charge is 2.15. The van der Waals surface area contributed by atoms with Crippen LogP contribution in [0.2, 0.25) is 0 Å². The summed E-state index contributed by atoms with van der Waals surface area (Å²) in [4.78, 5) is 0. The summed E-state index contributed by atoms with van der Waals surface area (Å²) in [5.74, 6) is 0. The third-order valence-electron chi connectivity index (χ3n) is 3.57. The Labute approximate surface area is 155 Å². The molecule has 0 saturated heterocycles. The molecule has 0 heterocycles. The first-order valence-electron chi connectivity index (χ1n) is 9.55. The zero-order chi connectivity index (χ0) is 18.4. The van der Waals surface area contributed by atoms with Gasteiger partial charge in [0.1, 0.15) is 6.61 Å². The molecule has 0 amide bonds. The minimum Gasteiger partial charge on any atom is -0.122 e. The fourth-order valence-electron chi connectivity index (χ4n) is 2.12. The predicted molar refractivity (Wildman–Crippen MR) is 109 cm³/mol. The van der Waals surface area contributed by atoms with Crippen molar-refractivity contribution < 1.29 is 13.6 Å². The Morgan fingerprint density at radius 2 is 1.20 bits per heavy atom. The SMILES string of the molecule is CCCCC/C=C\C/C=C\C/C=C\C/C=C\CCCCO[P+](=O)OC. The second-order valence-corrected chi connectivity index (χ2v) is 6.89. The Kier molecular flexibility index (Phi) is 20.2. The topological polar surface area (TPSA) is 35.5 Å². The largest absolute Gasteiger partial charge is 0.697 e. The van der Waals surface area contributed by atoms with Crippen LogP contribution in [-0.4, -0.2) is 13.7 Å². The summed E-state index contributed by atoms with van der Waals surface area (Å²) < 4.78 is 20.4. The summed E-state index contributed by atoms with van der Waals surface area (Å²) >= 11 is 0. The van der Waals surface area contributed by atoms with E-state index in [0.29, 0.717) is 6.61 Å². The summed E-state index contributed by atoms with van der Waals surface area (Å²) in [7, 11) is -0.524. The molecule has 0 saturated carbocycles. The number of hydrogen-bond donors (Lipinski definition) is 0. The summed E-state index contributed by atoms with van der Waals surface area (Å²) in [5.41, 5.74) is 0. The molecule has 0 N–H and O–H groups in total. The summed E-state index contributed by atoms with van der Waals surface area (Å²) in [6.07, 6.45) is 29.0. The maximum atomic E-state index is 10.9. The van der Waals surface area contributed by atoms with Gasteiger partial charge < -0.3 is 0 Å². The molecule has 4 heteroatoms. The molecule has 0 aliphatic carbocycles. The fraction of sp³-hybridized carbons (Fsp3) is 0.619. The molecule has 0 spiro atoms. The van der Waals surface area contributed by atoms with Crippen LogP contribution in [0.25, 0.3) is 0 Å². The van der Waals surface area contributed by atoms with Gasteiger partial charge in [-0.2, -0.15) is 0 Å². The highest BCUT2D eigenvalue weighted by molar-refractivity contribution is 7.33. The van der Waals surface area contributed by atoms with Gasteiger partial charge in [-0.3, -0.25) is 0 Å². The average Bonchev–Trinajstić information content (AvgIpc) is 2.63. The Hall–Kier alpha value is -1.02. The molecule has 0 radical (unpaired) electrons. The first kappa shape index (κ1) is 24.0. The van der Waals surface area contributed by atoms with E-state index < -0.39 is 8.25 Å². The standard InChI is InChI=1S/C21H36O3P/c1-3-4-5-6-7-8-9-10-11-12-13-14-15-16-17-18-19-20-21-24-25(22)23-2/h7-8,10-11,13-14,16-17H,3-6,9,12,15,18-21H2,1-2H3/q+1/b8-7-,11-10-,14-13-,17-16-. The van der Waals surface area contributed by atoms with Gasteiger partial charge in [-0.25, -0.2) is 0 Å². The predicted octanol–water partition coefficient (Wildman–Crippen LogP) is 7.45. The van der Waals surface area contributed by atoms with Crippen molar-refractivity contribution in [3.05, 3.63) is 48.6 Å². The van der Waals surface area contributed by atoms with E-state index in [1.165, 1.54) is 32.8 Å². The van der Waals surface area contributed by atoms with Gasteiger partial charge in [0, 0.05) is 4.57 Å². The van der Waals surface area contributed by atoms with E-state index in [9.17, 15) is 4.57 Å². The van der Waals surface area contributed by atoms with Crippen molar-refractivity contribution in [3.8, 4) is 0 Å². The van der Waals surface area contributed by atoms with Crippen molar-refractivity contribution in [2.24, 2.45) is 0 Å². The molecule has 0 bridgehead atoms. The van der Waals surface area contributed by atoms with Crippen molar-refractivity contribution in [2.45, 2.75) is 71.1 Å². The van der Waals surface area contributed by atoms with Crippen molar-refractivity contribution >= 4 is 8.25 Å². The van der Waals surface area contributed by atoms with Crippen LogP contribution >= 0.6 is 8.25 Å². The molecule has 1 atom stereocenters. The summed E-state index contributed by atoms with van der Waals surface area (Å²) in [5, 5.41) is 0. The highest BCUT2D eigenvalue weighted by Crippen LogP contribution is 2.21. The van der Waals surface area contributed by atoms with Gasteiger partial charge in [-0.15, -0.1) is 9.05 Å². The van der Waals surface area contributed by atoms with Crippen LogP contribution in [0.4, 0.5) is 0 Å². The number of rotatable bonds is 17. The van der Waals surface area contributed by atoms with Gasteiger partial charge in [0.25, 0.3) is 0 Å². The Morgan fingerprint density at radius 3 is 1.68 bits per heavy atom. The lowest BCUT2D eigenvalue weighted by atomic mass is 10.2. The second kappa shape index (κ2) is 21.0. The van der Waals surface area contributed by atoms with E-state index in [-0.39, 0.29) is 0 Å². The molecule has 0 aromatic rings. The van der Waals surface area contributed by atoms with E-state index in [1.54, 1.807) is 0 Å². The smallest absolute Gasteiger partial charge is 0.122 e.